The van der Waals surface area contributed by atoms with Crippen LogP contribution < -0.4 is 21.3 Å². The molecule has 4 aromatic rings. The van der Waals surface area contributed by atoms with Gasteiger partial charge in [0.15, 0.2) is 23.0 Å². The number of fused-ring (bicyclic) bond motifs is 2. The van der Waals surface area contributed by atoms with Gasteiger partial charge in [-0.15, -0.1) is 0 Å². The SMILES string of the molecule is COC(=O)CCCNc1ccc(C[C@@H]2NCCc3cc(O)c(O)cc32)cc1I.COC(=O)CCCNc1ccc(C[C@@H]2NCCc3cc(O)c(O)cc32)cc1I.O=C(O)C(=O)O.O=C(O)C(=O)O.O=C(O)C(=O)O. The molecule has 0 spiro atoms. The number of nitrogens with one attached hydrogen (secondary N) is 4. The topological polar surface area (TPSA) is 405 Å². The predicted molar refractivity (Wildman–Crippen MR) is 279 cm³/mol. The van der Waals surface area contributed by atoms with E-state index in [0.717, 1.165) is 92.4 Å². The molecule has 402 valence electrons. The molecule has 0 aliphatic carbocycles. The number of carbonyl (C=O) groups excluding carboxylic acids is 2. The van der Waals surface area contributed by atoms with Gasteiger partial charge in [0, 0.05) is 56.5 Å². The van der Waals surface area contributed by atoms with Gasteiger partial charge in [-0.2, -0.15) is 0 Å². The third kappa shape index (κ3) is 22.3. The van der Waals surface area contributed by atoms with Crippen LogP contribution in [0.5, 0.6) is 23.0 Å². The number of carboxylic acids is 6. The Kier molecular flexibility index (Phi) is 27.3. The number of benzene rings is 4. The number of carboxylic acid groups (broad SMARTS) is 6. The first-order valence-corrected chi connectivity index (χ1v) is 24.2. The van der Waals surface area contributed by atoms with Gasteiger partial charge in [0.2, 0.25) is 0 Å². The molecular formula is C48H56I2N4O20. The van der Waals surface area contributed by atoms with Crippen molar-refractivity contribution in [2.45, 2.75) is 63.5 Å². The maximum Gasteiger partial charge on any atom is 0.414 e. The van der Waals surface area contributed by atoms with Gasteiger partial charge >= 0.3 is 47.8 Å². The molecule has 26 heteroatoms. The molecule has 0 saturated heterocycles. The summed E-state index contributed by atoms with van der Waals surface area (Å²) in [7, 11) is 2.81. The molecular weight excluding hydrogens is 1210 g/mol. The van der Waals surface area contributed by atoms with E-state index < -0.39 is 35.8 Å². The van der Waals surface area contributed by atoms with Crippen LogP contribution in [0.3, 0.4) is 0 Å². The van der Waals surface area contributed by atoms with Crippen LogP contribution in [0.15, 0.2) is 60.7 Å². The van der Waals surface area contributed by atoms with E-state index in [1.807, 2.05) is 0 Å². The van der Waals surface area contributed by atoms with Crippen LogP contribution in [-0.2, 0) is 73.5 Å². The third-order valence-electron chi connectivity index (χ3n) is 10.5. The maximum atomic E-state index is 11.2. The van der Waals surface area contributed by atoms with Crippen LogP contribution >= 0.6 is 45.2 Å². The van der Waals surface area contributed by atoms with Crippen molar-refractivity contribution in [3.8, 4) is 23.0 Å². The molecule has 0 amide bonds. The summed E-state index contributed by atoms with van der Waals surface area (Å²) in [5, 5.41) is 97.3. The molecule has 0 unspecified atom stereocenters. The van der Waals surface area contributed by atoms with Gasteiger partial charge in [0.1, 0.15) is 0 Å². The third-order valence-corrected chi connectivity index (χ3v) is 12.3. The van der Waals surface area contributed by atoms with Gasteiger partial charge in [-0.25, -0.2) is 28.8 Å². The summed E-state index contributed by atoms with van der Waals surface area (Å²) in [5.74, 6) is -11.6. The quantitative estimate of drug-likeness (QED) is 0.0272. The highest BCUT2D eigenvalue weighted by molar-refractivity contribution is 14.1. The Hall–Kier alpha value is -7.18. The smallest absolute Gasteiger partial charge is 0.414 e. The van der Waals surface area contributed by atoms with Gasteiger partial charge in [-0.3, -0.25) is 9.59 Å². The minimum absolute atomic E-state index is 0.0587. The van der Waals surface area contributed by atoms with Crippen LogP contribution in [0, 0.1) is 7.14 Å². The minimum Gasteiger partial charge on any atom is -0.504 e. The number of anilines is 2. The largest absolute Gasteiger partial charge is 0.504 e. The number of hydrogen-bond donors (Lipinski definition) is 14. The molecule has 2 atom stereocenters. The van der Waals surface area contributed by atoms with E-state index >= 15 is 0 Å². The first-order chi connectivity index (χ1) is 34.9. The summed E-state index contributed by atoms with van der Waals surface area (Å²) < 4.78 is 11.5. The van der Waals surface area contributed by atoms with E-state index in [1.165, 1.54) is 25.3 Å². The molecule has 4 aromatic carbocycles. The highest BCUT2D eigenvalue weighted by atomic mass is 127. The second kappa shape index (κ2) is 32.1. The van der Waals surface area contributed by atoms with Crippen LogP contribution in [-0.4, -0.2) is 139 Å². The van der Waals surface area contributed by atoms with Crippen molar-refractivity contribution in [2.75, 3.05) is 51.0 Å². The van der Waals surface area contributed by atoms with Crippen molar-refractivity contribution in [1.82, 2.24) is 10.6 Å². The molecule has 14 N–H and O–H groups in total. The van der Waals surface area contributed by atoms with Crippen molar-refractivity contribution < 1.29 is 98.9 Å². The first-order valence-electron chi connectivity index (χ1n) is 22.0. The summed E-state index contributed by atoms with van der Waals surface area (Å²) in [5.41, 5.74) is 8.74. The molecule has 2 aliphatic heterocycles. The van der Waals surface area contributed by atoms with Crippen LogP contribution in [0.25, 0.3) is 0 Å². The normalized spacial score (nSPS) is 13.7. The fourth-order valence-corrected chi connectivity index (χ4v) is 8.49. The highest BCUT2D eigenvalue weighted by Gasteiger charge is 2.24. The van der Waals surface area contributed by atoms with E-state index in [0.29, 0.717) is 25.9 Å². The van der Waals surface area contributed by atoms with E-state index in [-0.39, 0.29) is 47.0 Å². The molecule has 0 fully saturated rings. The molecule has 2 aliphatic rings. The Labute approximate surface area is 450 Å². The number of aromatic hydroxyl groups is 4. The molecule has 2 heterocycles. The fraction of sp³-hybridized carbons (Fsp3) is 0.333. The van der Waals surface area contributed by atoms with Crippen molar-refractivity contribution in [3.63, 3.8) is 0 Å². The monoisotopic (exact) mass is 1260 g/mol. The Morgan fingerprint density at radius 1 is 0.514 bits per heavy atom. The van der Waals surface area contributed by atoms with Gasteiger partial charge < -0.3 is 81.8 Å². The minimum atomic E-state index is -1.82. The van der Waals surface area contributed by atoms with Crippen LogP contribution in [0.1, 0.15) is 71.1 Å². The van der Waals surface area contributed by atoms with Gasteiger partial charge in [0.05, 0.1) is 14.2 Å². The second-order valence-corrected chi connectivity index (χ2v) is 18.0. The van der Waals surface area contributed by atoms with Crippen LogP contribution in [0.4, 0.5) is 11.4 Å². The highest BCUT2D eigenvalue weighted by Crippen LogP contribution is 2.37. The van der Waals surface area contributed by atoms with Gasteiger partial charge in [0.25, 0.3) is 0 Å². The number of aliphatic carboxylic acids is 6. The first kappa shape index (κ1) is 62.9. The number of esters is 2. The lowest BCUT2D eigenvalue weighted by molar-refractivity contribution is -0.159. The molecule has 0 radical (unpaired) electrons. The average molecular weight is 1260 g/mol. The number of phenolic OH excluding ortho intramolecular Hbond substituents is 4. The number of methoxy groups -OCH3 is 2. The van der Waals surface area contributed by atoms with Gasteiger partial charge in [-0.1, -0.05) is 12.1 Å². The molecule has 0 aromatic heterocycles. The predicted octanol–water partition coefficient (Wildman–Crippen LogP) is 4.46. The van der Waals surface area contributed by atoms with E-state index in [1.54, 1.807) is 24.3 Å². The van der Waals surface area contributed by atoms with E-state index in [9.17, 15) is 30.0 Å². The van der Waals surface area contributed by atoms with Gasteiger partial charge in [-0.05, 0) is 179 Å². The second-order valence-electron chi connectivity index (χ2n) is 15.7. The zero-order valence-electron chi connectivity index (χ0n) is 39.7. The van der Waals surface area contributed by atoms with Crippen molar-refractivity contribution >= 4 is 104 Å². The number of rotatable bonds is 14. The number of phenols is 4. The number of carbonyl (C=O) groups is 8. The molecule has 6 rings (SSSR count). The number of halogens is 2. The Morgan fingerprint density at radius 3 is 1.11 bits per heavy atom. The molecule has 74 heavy (non-hydrogen) atoms. The lowest BCUT2D eigenvalue weighted by atomic mass is 9.90. The zero-order chi connectivity index (χ0) is 55.7. The Morgan fingerprint density at radius 2 is 0.824 bits per heavy atom. The standard InChI is InChI=1S/2C21H25IN2O4.3C2H2O4/c2*1-28-21(27)3-2-7-23-17-5-4-13(9-16(17)22)10-18-15-12-20(26)19(25)11-14(15)6-8-24-18;3*3-1(4)2(5)6/h2*4-5,9,11-12,18,23-26H,2-3,6-8,10H2,1H3;3*(H,3,4)(H,5,6)/t2*18-;;;/m00.../s1. The average Bonchev–Trinajstić information content (AvgIpc) is 3.34. The summed E-state index contributed by atoms with van der Waals surface area (Å²) in [4.78, 5) is 76.9. The Balaban J connectivity index is 0.000000381. The van der Waals surface area contributed by atoms with E-state index in [2.05, 4.69) is 112 Å². The fourth-order valence-electron chi connectivity index (χ4n) is 6.95. The maximum absolute atomic E-state index is 11.2. The summed E-state index contributed by atoms with van der Waals surface area (Å²) in [6.07, 6.45) is 5.55. The zero-order valence-corrected chi connectivity index (χ0v) is 44.0. The molecule has 0 bridgehead atoms. The summed E-state index contributed by atoms with van der Waals surface area (Å²) in [6.45, 7) is 3.12. The van der Waals surface area contributed by atoms with Crippen molar-refractivity contribution in [3.05, 3.63) is 101 Å². The lowest BCUT2D eigenvalue weighted by Crippen LogP contribution is -2.31. The van der Waals surface area contributed by atoms with E-state index in [4.69, 9.17) is 59.4 Å². The number of hydrogen-bond acceptors (Lipinski definition) is 18. The molecule has 24 nitrogen and oxygen atoms in total. The van der Waals surface area contributed by atoms with Crippen molar-refractivity contribution in [1.29, 1.82) is 0 Å². The summed E-state index contributed by atoms with van der Waals surface area (Å²) >= 11 is 4.63. The summed E-state index contributed by atoms with van der Waals surface area (Å²) in [6, 6.07) is 19.5. The lowest BCUT2D eigenvalue weighted by Gasteiger charge is -2.27. The van der Waals surface area contributed by atoms with Crippen molar-refractivity contribution in [2.24, 2.45) is 0 Å². The Bertz CT molecular complexity index is 2400. The van der Waals surface area contributed by atoms with Crippen LogP contribution in [0.2, 0.25) is 0 Å². The number of ether oxygens (including phenoxy) is 2. The molecule has 0 saturated carbocycles.